The van der Waals surface area contributed by atoms with Gasteiger partial charge < -0.3 is 14.6 Å². The summed E-state index contributed by atoms with van der Waals surface area (Å²) in [5.74, 6) is 1.12. The van der Waals surface area contributed by atoms with Gasteiger partial charge in [-0.05, 0) is 25.6 Å². The maximum Gasteiger partial charge on any atom is 0.228 e. The Morgan fingerprint density at radius 2 is 2.14 bits per heavy atom. The molecule has 7 nitrogen and oxygen atoms in total. The molecule has 0 bridgehead atoms. The third-order valence-corrected chi connectivity index (χ3v) is 5.13. The first-order chi connectivity index (χ1) is 13.5. The highest BCUT2D eigenvalue weighted by Gasteiger charge is 2.30. The number of aryl methyl sites for hydroxylation is 1. The number of oxazole rings is 1. The van der Waals surface area contributed by atoms with E-state index < -0.39 is 6.17 Å². The largest absolute Gasteiger partial charge is 0.441 e. The van der Waals surface area contributed by atoms with Gasteiger partial charge in [0.2, 0.25) is 5.91 Å². The molecular formula is C20H22FN5O2. The van der Waals surface area contributed by atoms with E-state index >= 15 is 0 Å². The van der Waals surface area contributed by atoms with Crippen LogP contribution in [-0.2, 0) is 11.2 Å². The van der Waals surface area contributed by atoms with Gasteiger partial charge in [-0.25, -0.2) is 9.37 Å². The first-order valence-electron chi connectivity index (χ1n) is 9.30. The van der Waals surface area contributed by atoms with Crippen molar-refractivity contribution in [2.75, 3.05) is 20.1 Å². The minimum Gasteiger partial charge on any atom is -0.441 e. The number of rotatable bonds is 4. The summed E-state index contributed by atoms with van der Waals surface area (Å²) in [5, 5.41) is 3.82. The normalized spacial score (nSPS) is 19.9. The first-order valence-corrected chi connectivity index (χ1v) is 9.30. The standard InChI is InChI=1S/C20H22FN5O2/c1-12-23-10-19(28-12)14-5-13-6-15(24-9-18(13)25-8-14)7-20(27)26-4-3-17(22-2)16(21)11-26/h5-6,8-10,16-17,22H,3-4,7,11H2,1-2H3/t16-,17-/m1/s1. The molecule has 0 aliphatic carbocycles. The molecule has 0 spiro atoms. The van der Waals surface area contributed by atoms with Crippen LogP contribution in [0.1, 0.15) is 18.0 Å². The number of aromatic nitrogens is 3. The highest BCUT2D eigenvalue weighted by Crippen LogP contribution is 2.24. The SMILES string of the molecule is CN[C@@H]1CCN(C(=O)Cc2cc3cc(-c4cnc(C)o4)cnc3cn2)C[C@H]1F. The quantitative estimate of drug-likeness (QED) is 0.744. The van der Waals surface area contributed by atoms with E-state index in [2.05, 4.69) is 20.3 Å². The van der Waals surface area contributed by atoms with Crippen molar-refractivity contribution in [3.8, 4) is 11.3 Å². The fourth-order valence-electron chi connectivity index (χ4n) is 3.53. The van der Waals surface area contributed by atoms with Gasteiger partial charge in [0.05, 0.1) is 36.6 Å². The van der Waals surface area contributed by atoms with E-state index in [9.17, 15) is 9.18 Å². The number of fused-ring (bicyclic) bond motifs is 1. The van der Waals surface area contributed by atoms with Crippen LogP contribution in [-0.4, -0.2) is 58.1 Å². The second kappa shape index (κ2) is 7.63. The molecule has 1 amide bonds. The number of likely N-dealkylation sites (tertiary alicyclic amines) is 1. The lowest BCUT2D eigenvalue weighted by atomic mass is 10.0. The van der Waals surface area contributed by atoms with Crippen LogP contribution in [0.15, 0.2) is 35.1 Å². The maximum absolute atomic E-state index is 14.1. The number of alkyl halides is 1. The molecule has 4 heterocycles. The highest BCUT2D eigenvalue weighted by molar-refractivity contribution is 5.84. The molecule has 2 atom stereocenters. The average Bonchev–Trinajstić information content (AvgIpc) is 3.13. The number of amides is 1. The van der Waals surface area contributed by atoms with Crippen molar-refractivity contribution in [3.05, 3.63) is 42.3 Å². The lowest BCUT2D eigenvalue weighted by Crippen LogP contribution is -2.51. The molecule has 1 N–H and O–H groups in total. The van der Waals surface area contributed by atoms with Gasteiger partial charge in [0.15, 0.2) is 11.7 Å². The summed E-state index contributed by atoms with van der Waals surface area (Å²) in [6.07, 6.45) is 4.72. The van der Waals surface area contributed by atoms with Gasteiger partial charge in [-0.3, -0.25) is 14.8 Å². The summed E-state index contributed by atoms with van der Waals surface area (Å²) in [7, 11) is 1.75. The van der Waals surface area contributed by atoms with E-state index in [1.807, 2.05) is 12.1 Å². The Morgan fingerprint density at radius 3 is 2.86 bits per heavy atom. The summed E-state index contributed by atoms with van der Waals surface area (Å²) < 4.78 is 19.7. The number of pyridine rings is 2. The van der Waals surface area contributed by atoms with Crippen molar-refractivity contribution < 1.29 is 13.6 Å². The van der Waals surface area contributed by atoms with Crippen LogP contribution in [0.2, 0.25) is 0 Å². The summed E-state index contributed by atoms with van der Waals surface area (Å²) in [6, 6.07) is 3.60. The van der Waals surface area contributed by atoms with Gasteiger partial charge in [0.25, 0.3) is 0 Å². The minimum atomic E-state index is -1.05. The van der Waals surface area contributed by atoms with Crippen molar-refractivity contribution in [3.63, 3.8) is 0 Å². The monoisotopic (exact) mass is 383 g/mol. The summed E-state index contributed by atoms with van der Waals surface area (Å²) in [5.41, 5.74) is 2.18. The molecule has 4 rings (SSSR count). The van der Waals surface area contributed by atoms with E-state index in [0.29, 0.717) is 30.3 Å². The lowest BCUT2D eigenvalue weighted by molar-refractivity contribution is -0.133. The van der Waals surface area contributed by atoms with Crippen molar-refractivity contribution in [1.82, 2.24) is 25.2 Å². The summed E-state index contributed by atoms with van der Waals surface area (Å²) in [4.78, 5) is 27.0. The van der Waals surface area contributed by atoms with Crippen LogP contribution in [0.3, 0.4) is 0 Å². The molecule has 1 fully saturated rings. The predicted octanol–water partition coefficient (Wildman–Crippen LogP) is 2.29. The highest BCUT2D eigenvalue weighted by atomic mass is 19.1. The third kappa shape index (κ3) is 3.73. The van der Waals surface area contributed by atoms with Gasteiger partial charge in [0, 0.05) is 36.7 Å². The molecule has 1 aliphatic heterocycles. The number of carbonyl (C=O) groups is 1. The fourth-order valence-corrected chi connectivity index (χ4v) is 3.53. The van der Waals surface area contributed by atoms with Gasteiger partial charge in [-0.1, -0.05) is 0 Å². The Bertz CT molecular complexity index is 1010. The van der Waals surface area contributed by atoms with Crippen LogP contribution >= 0.6 is 0 Å². The van der Waals surface area contributed by atoms with Crippen molar-refractivity contribution in [2.24, 2.45) is 0 Å². The Kier molecular flexibility index (Phi) is 5.04. The van der Waals surface area contributed by atoms with Crippen LogP contribution < -0.4 is 5.32 Å². The Balaban J connectivity index is 1.51. The molecule has 28 heavy (non-hydrogen) atoms. The molecule has 0 radical (unpaired) electrons. The van der Waals surface area contributed by atoms with E-state index in [4.69, 9.17) is 4.42 Å². The zero-order valence-corrected chi connectivity index (χ0v) is 15.9. The van der Waals surface area contributed by atoms with Crippen molar-refractivity contribution in [2.45, 2.75) is 32.0 Å². The predicted molar refractivity (Wildman–Crippen MR) is 102 cm³/mol. The van der Waals surface area contributed by atoms with Gasteiger partial charge >= 0.3 is 0 Å². The third-order valence-electron chi connectivity index (χ3n) is 5.13. The molecule has 1 aliphatic rings. The Hall–Kier alpha value is -2.87. The smallest absolute Gasteiger partial charge is 0.228 e. The van der Waals surface area contributed by atoms with Gasteiger partial charge in [0.1, 0.15) is 6.17 Å². The Morgan fingerprint density at radius 1 is 1.29 bits per heavy atom. The van der Waals surface area contributed by atoms with Crippen LogP contribution in [0.4, 0.5) is 4.39 Å². The molecule has 3 aromatic rings. The van der Waals surface area contributed by atoms with Gasteiger partial charge in [-0.15, -0.1) is 0 Å². The van der Waals surface area contributed by atoms with E-state index in [1.54, 1.807) is 37.5 Å². The number of carbonyl (C=O) groups excluding carboxylic acids is 1. The fraction of sp³-hybridized carbons (Fsp3) is 0.400. The number of halogens is 1. The number of hydrogen-bond acceptors (Lipinski definition) is 6. The van der Waals surface area contributed by atoms with E-state index in [0.717, 1.165) is 16.5 Å². The first kappa shape index (κ1) is 18.5. The maximum atomic E-state index is 14.1. The van der Waals surface area contributed by atoms with E-state index in [1.165, 1.54) is 0 Å². The van der Waals surface area contributed by atoms with Crippen LogP contribution in [0, 0.1) is 6.92 Å². The molecule has 1 saturated heterocycles. The summed E-state index contributed by atoms with van der Waals surface area (Å²) >= 11 is 0. The zero-order chi connectivity index (χ0) is 19.7. The topological polar surface area (TPSA) is 84.2 Å². The van der Waals surface area contributed by atoms with Crippen molar-refractivity contribution in [1.29, 1.82) is 0 Å². The molecule has 0 unspecified atom stereocenters. The average molecular weight is 383 g/mol. The van der Waals surface area contributed by atoms with Crippen LogP contribution in [0.5, 0.6) is 0 Å². The number of nitrogens with one attached hydrogen (secondary N) is 1. The molecule has 3 aromatic heterocycles. The zero-order valence-electron chi connectivity index (χ0n) is 15.9. The molecular weight excluding hydrogens is 361 g/mol. The number of hydrogen-bond donors (Lipinski definition) is 1. The number of piperidine rings is 1. The molecule has 0 saturated carbocycles. The summed E-state index contributed by atoms with van der Waals surface area (Å²) in [6.45, 7) is 2.45. The van der Waals surface area contributed by atoms with Crippen molar-refractivity contribution >= 4 is 16.8 Å². The lowest BCUT2D eigenvalue weighted by Gasteiger charge is -2.34. The van der Waals surface area contributed by atoms with E-state index in [-0.39, 0.29) is 24.9 Å². The van der Waals surface area contributed by atoms with Crippen LogP contribution in [0.25, 0.3) is 22.2 Å². The number of nitrogens with zero attached hydrogens (tertiary/aromatic N) is 4. The molecule has 146 valence electrons. The minimum absolute atomic E-state index is 0.112. The van der Waals surface area contributed by atoms with Gasteiger partial charge in [-0.2, -0.15) is 0 Å². The Labute approximate surface area is 162 Å². The molecule has 8 heteroatoms. The second-order valence-corrected chi connectivity index (χ2v) is 7.05. The second-order valence-electron chi connectivity index (χ2n) is 7.05. The molecule has 0 aromatic carbocycles.